The topological polar surface area (TPSA) is 66.8 Å². The Labute approximate surface area is 114 Å². The zero-order valence-electron chi connectivity index (χ0n) is 11.4. The van der Waals surface area contributed by atoms with Gasteiger partial charge in [-0.05, 0) is 24.6 Å². The summed E-state index contributed by atoms with van der Waals surface area (Å²) in [5.41, 5.74) is 0.00554. The highest BCUT2D eigenvalue weighted by molar-refractivity contribution is 5.92. The van der Waals surface area contributed by atoms with E-state index in [2.05, 4.69) is 6.92 Å². The van der Waals surface area contributed by atoms with Crippen molar-refractivity contribution < 1.29 is 19.7 Å². The highest BCUT2D eigenvalue weighted by Crippen LogP contribution is 2.22. The molecule has 1 rings (SSSR count). The molecule has 19 heavy (non-hydrogen) atoms. The molecule has 1 aromatic carbocycles. The molecular formula is C15H22O4. The maximum atomic E-state index is 11.7. The Morgan fingerprint density at radius 2 is 1.79 bits per heavy atom. The van der Waals surface area contributed by atoms with Gasteiger partial charge >= 0.3 is 5.97 Å². The Bertz CT molecular complexity index is 401. The molecule has 0 saturated carbocycles. The number of esters is 1. The summed E-state index contributed by atoms with van der Waals surface area (Å²) in [7, 11) is 0. The highest BCUT2D eigenvalue weighted by atomic mass is 16.5. The number of unbranched alkanes of at least 4 members (excludes halogenated alkanes) is 5. The van der Waals surface area contributed by atoms with Crippen molar-refractivity contribution in [3.8, 4) is 11.5 Å². The van der Waals surface area contributed by atoms with Gasteiger partial charge in [-0.15, -0.1) is 0 Å². The predicted octanol–water partition coefficient (Wildman–Crippen LogP) is 3.62. The van der Waals surface area contributed by atoms with Gasteiger partial charge < -0.3 is 14.9 Å². The van der Waals surface area contributed by atoms with Gasteiger partial charge in [0.05, 0.1) is 6.61 Å². The molecule has 0 spiro atoms. The lowest BCUT2D eigenvalue weighted by molar-refractivity contribution is 0.0494. The van der Waals surface area contributed by atoms with Crippen LogP contribution in [-0.4, -0.2) is 22.8 Å². The quantitative estimate of drug-likeness (QED) is 0.428. The molecule has 0 bridgehead atoms. The number of benzene rings is 1. The molecule has 0 aliphatic carbocycles. The van der Waals surface area contributed by atoms with E-state index < -0.39 is 5.97 Å². The molecule has 1 aromatic rings. The van der Waals surface area contributed by atoms with Crippen LogP contribution in [0.1, 0.15) is 55.8 Å². The Hall–Kier alpha value is -1.71. The van der Waals surface area contributed by atoms with Crippen molar-refractivity contribution in [1.29, 1.82) is 0 Å². The van der Waals surface area contributed by atoms with E-state index in [9.17, 15) is 15.0 Å². The summed E-state index contributed by atoms with van der Waals surface area (Å²) in [6.45, 7) is 2.52. The van der Waals surface area contributed by atoms with Crippen LogP contribution in [0.2, 0.25) is 0 Å². The Morgan fingerprint density at radius 1 is 1.11 bits per heavy atom. The van der Waals surface area contributed by atoms with E-state index in [1.54, 1.807) is 0 Å². The lowest BCUT2D eigenvalue weighted by atomic mass is 10.1. The zero-order valence-corrected chi connectivity index (χ0v) is 11.4. The molecule has 0 heterocycles. The number of aromatic hydroxyl groups is 2. The number of carbonyl (C=O) groups is 1. The van der Waals surface area contributed by atoms with Crippen molar-refractivity contribution in [2.75, 3.05) is 6.61 Å². The van der Waals surface area contributed by atoms with Crippen LogP contribution in [0.25, 0.3) is 0 Å². The van der Waals surface area contributed by atoms with Crippen LogP contribution < -0.4 is 0 Å². The zero-order chi connectivity index (χ0) is 14.1. The molecule has 0 atom stereocenters. The van der Waals surface area contributed by atoms with Gasteiger partial charge in [0.15, 0.2) is 0 Å². The largest absolute Gasteiger partial charge is 0.508 e. The van der Waals surface area contributed by atoms with Crippen LogP contribution in [0.4, 0.5) is 0 Å². The normalized spacial score (nSPS) is 10.4. The SMILES string of the molecule is CCCCCCCCOC(=O)c1cc(O)ccc1O. The van der Waals surface area contributed by atoms with Crippen molar-refractivity contribution >= 4 is 5.97 Å². The van der Waals surface area contributed by atoms with Gasteiger partial charge in [-0.3, -0.25) is 0 Å². The summed E-state index contributed by atoms with van der Waals surface area (Å²) in [6, 6.07) is 3.80. The fourth-order valence-corrected chi connectivity index (χ4v) is 1.81. The van der Waals surface area contributed by atoms with Gasteiger partial charge in [0.2, 0.25) is 0 Å². The van der Waals surface area contributed by atoms with E-state index in [0.29, 0.717) is 6.61 Å². The second-order valence-corrected chi connectivity index (χ2v) is 4.61. The van der Waals surface area contributed by atoms with E-state index in [1.165, 1.54) is 37.5 Å². The van der Waals surface area contributed by atoms with Gasteiger partial charge in [-0.2, -0.15) is 0 Å². The predicted molar refractivity (Wildman–Crippen MR) is 73.4 cm³/mol. The number of rotatable bonds is 8. The summed E-state index contributed by atoms with van der Waals surface area (Å²) in [5, 5.41) is 18.8. The first kappa shape index (κ1) is 15.3. The molecule has 0 aliphatic heterocycles. The summed E-state index contributed by atoms with van der Waals surface area (Å²) in [6.07, 6.45) is 6.71. The third kappa shape index (κ3) is 5.64. The number of phenols is 2. The average molecular weight is 266 g/mol. The van der Waals surface area contributed by atoms with Crippen LogP contribution in [0.15, 0.2) is 18.2 Å². The lowest BCUT2D eigenvalue weighted by Crippen LogP contribution is -2.06. The van der Waals surface area contributed by atoms with Crippen molar-refractivity contribution in [2.24, 2.45) is 0 Å². The van der Waals surface area contributed by atoms with Crippen LogP contribution in [0, 0.1) is 0 Å². The molecule has 0 radical (unpaired) electrons. The Kier molecular flexibility index (Phi) is 6.79. The van der Waals surface area contributed by atoms with Gasteiger partial charge in [0.25, 0.3) is 0 Å². The fraction of sp³-hybridized carbons (Fsp3) is 0.533. The monoisotopic (exact) mass is 266 g/mol. The van der Waals surface area contributed by atoms with Crippen molar-refractivity contribution in [2.45, 2.75) is 45.4 Å². The number of ether oxygens (including phenoxy) is 1. The summed E-state index contributed by atoms with van der Waals surface area (Å²) < 4.78 is 5.06. The number of carbonyl (C=O) groups excluding carboxylic acids is 1. The highest BCUT2D eigenvalue weighted by Gasteiger charge is 2.13. The Balaban J connectivity index is 2.26. The first-order chi connectivity index (χ1) is 9.15. The second-order valence-electron chi connectivity index (χ2n) is 4.61. The average Bonchev–Trinajstić information content (AvgIpc) is 2.40. The maximum Gasteiger partial charge on any atom is 0.342 e. The first-order valence-corrected chi connectivity index (χ1v) is 6.84. The molecule has 0 saturated heterocycles. The molecule has 0 amide bonds. The van der Waals surface area contributed by atoms with E-state index in [1.807, 2.05) is 0 Å². The van der Waals surface area contributed by atoms with Crippen molar-refractivity contribution in [1.82, 2.24) is 0 Å². The number of hydrogen-bond donors (Lipinski definition) is 2. The molecule has 0 aliphatic rings. The van der Waals surface area contributed by atoms with Gasteiger partial charge in [0, 0.05) is 0 Å². The minimum atomic E-state index is -0.595. The van der Waals surface area contributed by atoms with Gasteiger partial charge in [0.1, 0.15) is 17.1 Å². The molecule has 2 N–H and O–H groups in total. The fourth-order valence-electron chi connectivity index (χ4n) is 1.81. The molecule has 4 heteroatoms. The summed E-state index contributed by atoms with van der Waals surface area (Å²) >= 11 is 0. The lowest BCUT2D eigenvalue weighted by Gasteiger charge is -2.06. The smallest absolute Gasteiger partial charge is 0.342 e. The summed E-state index contributed by atoms with van der Waals surface area (Å²) in [4.78, 5) is 11.7. The van der Waals surface area contributed by atoms with Crippen LogP contribution in [0.5, 0.6) is 11.5 Å². The Morgan fingerprint density at radius 3 is 2.53 bits per heavy atom. The molecule has 0 unspecified atom stereocenters. The molecule has 4 nitrogen and oxygen atoms in total. The van der Waals surface area contributed by atoms with E-state index in [4.69, 9.17) is 4.74 Å². The van der Waals surface area contributed by atoms with Crippen LogP contribution in [0.3, 0.4) is 0 Å². The second kappa shape index (κ2) is 8.40. The summed E-state index contributed by atoms with van der Waals surface area (Å²) in [5.74, 6) is -0.836. The van der Waals surface area contributed by atoms with Crippen LogP contribution in [-0.2, 0) is 4.74 Å². The van der Waals surface area contributed by atoms with E-state index in [-0.39, 0.29) is 17.1 Å². The number of phenolic OH excluding ortho intramolecular Hbond substituents is 2. The third-order valence-corrected chi connectivity index (χ3v) is 2.93. The van der Waals surface area contributed by atoms with Crippen LogP contribution >= 0.6 is 0 Å². The third-order valence-electron chi connectivity index (χ3n) is 2.93. The van der Waals surface area contributed by atoms with E-state index >= 15 is 0 Å². The maximum absolute atomic E-state index is 11.7. The standard InChI is InChI=1S/C15H22O4/c1-2-3-4-5-6-7-10-19-15(18)13-11-12(16)8-9-14(13)17/h8-9,11,16-17H,2-7,10H2,1H3. The van der Waals surface area contributed by atoms with E-state index in [0.717, 1.165) is 19.3 Å². The van der Waals surface area contributed by atoms with Crippen molar-refractivity contribution in [3.05, 3.63) is 23.8 Å². The molecule has 0 aromatic heterocycles. The minimum Gasteiger partial charge on any atom is -0.508 e. The molecule has 0 fully saturated rings. The van der Waals surface area contributed by atoms with Crippen molar-refractivity contribution in [3.63, 3.8) is 0 Å². The van der Waals surface area contributed by atoms with Gasteiger partial charge in [-0.1, -0.05) is 39.0 Å². The molecule has 106 valence electrons. The van der Waals surface area contributed by atoms with Gasteiger partial charge in [-0.25, -0.2) is 4.79 Å². The molecular weight excluding hydrogens is 244 g/mol. The number of hydrogen-bond acceptors (Lipinski definition) is 4. The first-order valence-electron chi connectivity index (χ1n) is 6.84. The minimum absolute atomic E-state index is 0.00554.